The normalized spacial score (nSPS) is 21.6. The number of hydrogen-bond acceptors (Lipinski definition) is 2. The number of benzene rings is 1. The van der Waals surface area contributed by atoms with E-state index in [2.05, 4.69) is 17.0 Å². The quantitative estimate of drug-likeness (QED) is 0.791. The highest BCUT2D eigenvalue weighted by Gasteiger charge is 2.24. The third-order valence-corrected chi connectivity index (χ3v) is 3.11. The minimum absolute atomic E-state index is 0. The summed E-state index contributed by atoms with van der Waals surface area (Å²) < 4.78 is 0. The molecule has 0 saturated carbocycles. The fourth-order valence-electron chi connectivity index (χ4n) is 2.10. The molecule has 3 heteroatoms. The molecule has 1 atom stereocenters. The maximum atomic E-state index is 11.6. The van der Waals surface area contributed by atoms with Crippen LogP contribution in [-0.2, 0) is 11.3 Å². The van der Waals surface area contributed by atoms with Crippen molar-refractivity contribution in [1.82, 2.24) is 4.90 Å². The van der Waals surface area contributed by atoms with Crippen LogP contribution in [0, 0.1) is 0 Å². The fraction of sp³-hybridized carbons (Fsp3) is 0.462. The monoisotopic (exact) mass is 239 g/mol. The van der Waals surface area contributed by atoms with Gasteiger partial charge in [-0.3, -0.25) is 9.69 Å². The summed E-state index contributed by atoms with van der Waals surface area (Å²) in [6.45, 7) is 3.96. The van der Waals surface area contributed by atoms with E-state index < -0.39 is 0 Å². The van der Waals surface area contributed by atoms with Gasteiger partial charge in [-0.15, -0.1) is 12.4 Å². The lowest BCUT2D eigenvalue weighted by Crippen LogP contribution is -2.43. The van der Waals surface area contributed by atoms with Crippen molar-refractivity contribution in [3.05, 3.63) is 35.9 Å². The van der Waals surface area contributed by atoms with Gasteiger partial charge < -0.3 is 0 Å². The van der Waals surface area contributed by atoms with E-state index in [-0.39, 0.29) is 18.4 Å². The lowest BCUT2D eigenvalue weighted by atomic mass is 10.0. The average molecular weight is 240 g/mol. The minimum Gasteiger partial charge on any atom is -0.298 e. The smallest absolute Gasteiger partial charge is 0.149 e. The number of Topliss-reactive ketones (excluding diaryl/α,β-unsaturated/α-hetero) is 1. The summed E-state index contributed by atoms with van der Waals surface area (Å²) in [5, 5.41) is 0. The highest BCUT2D eigenvalue weighted by molar-refractivity contribution is 5.85. The van der Waals surface area contributed by atoms with Crippen LogP contribution in [0.25, 0.3) is 0 Å². The Morgan fingerprint density at radius 3 is 2.69 bits per heavy atom. The van der Waals surface area contributed by atoms with Crippen molar-refractivity contribution >= 4 is 18.2 Å². The van der Waals surface area contributed by atoms with Gasteiger partial charge >= 0.3 is 0 Å². The average Bonchev–Trinajstić information content (AvgIpc) is 2.26. The third kappa shape index (κ3) is 3.06. The number of ketones is 1. The second-order valence-corrected chi connectivity index (χ2v) is 4.20. The molecule has 1 aromatic carbocycles. The zero-order valence-corrected chi connectivity index (χ0v) is 10.4. The summed E-state index contributed by atoms with van der Waals surface area (Å²) >= 11 is 0. The molecule has 1 aliphatic rings. The van der Waals surface area contributed by atoms with Crippen LogP contribution in [0.2, 0.25) is 0 Å². The maximum Gasteiger partial charge on any atom is 0.149 e. The summed E-state index contributed by atoms with van der Waals surface area (Å²) in [6.07, 6.45) is 1.77. The first-order chi connectivity index (χ1) is 7.27. The van der Waals surface area contributed by atoms with E-state index in [4.69, 9.17) is 0 Å². The molecule has 1 unspecified atom stereocenters. The molecule has 0 N–H and O–H groups in total. The lowest BCUT2D eigenvalue weighted by Gasteiger charge is -2.32. The number of carbonyl (C=O) groups excluding carboxylic acids is 1. The molecule has 88 valence electrons. The second kappa shape index (κ2) is 6.02. The molecule has 0 radical (unpaired) electrons. The number of halogens is 1. The third-order valence-electron chi connectivity index (χ3n) is 3.11. The predicted molar refractivity (Wildman–Crippen MR) is 67.8 cm³/mol. The van der Waals surface area contributed by atoms with Gasteiger partial charge in [0, 0.05) is 13.0 Å². The zero-order valence-electron chi connectivity index (χ0n) is 9.56. The Morgan fingerprint density at radius 2 is 2.00 bits per heavy atom. The van der Waals surface area contributed by atoms with E-state index in [1.807, 2.05) is 25.1 Å². The van der Waals surface area contributed by atoms with Gasteiger partial charge in [0.15, 0.2) is 0 Å². The molecule has 1 saturated heterocycles. The van der Waals surface area contributed by atoms with Crippen molar-refractivity contribution in [1.29, 1.82) is 0 Å². The first-order valence-electron chi connectivity index (χ1n) is 5.58. The number of hydrogen-bond donors (Lipinski definition) is 0. The number of nitrogens with zero attached hydrogens (tertiary/aromatic N) is 1. The molecule has 1 aliphatic heterocycles. The van der Waals surface area contributed by atoms with Crippen LogP contribution in [0.5, 0.6) is 0 Å². The van der Waals surface area contributed by atoms with Crippen molar-refractivity contribution in [2.45, 2.75) is 32.4 Å². The van der Waals surface area contributed by atoms with E-state index in [0.29, 0.717) is 5.78 Å². The van der Waals surface area contributed by atoms with E-state index in [0.717, 1.165) is 25.9 Å². The highest BCUT2D eigenvalue weighted by Crippen LogP contribution is 2.16. The largest absolute Gasteiger partial charge is 0.298 e. The lowest BCUT2D eigenvalue weighted by molar-refractivity contribution is -0.126. The Balaban J connectivity index is 0.00000128. The van der Waals surface area contributed by atoms with Gasteiger partial charge in [0.05, 0.1) is 6.04 Å². The second-order valence-electron chi connectivity index (χ2n) is 4.20. The molecule has 1 aromatic rings. The van der Waals surface area contributed by atoms with Crippen LogP contribution in [0.3, 0.4) is 0 Å². The van der Waals surface area contributed by atoms with Crippen LogP contribution in [0.4, 0.5) is 0 Å². The first kappa shape index (κ1) is 13.2. The molecule has 2 rings (SSSR count). The summed E-state index contributed by atoms with van der Waals surface area (Å²) in [5.41, 5.74) is 1.29. The van der Waals surface area contributed by atoms with Gasteiger partial charge in [0.1, 0.15) is 5.78 Å². The van der Waals surface area contributed by atoms with Crippen molar-refractivity contribution in [3.8, 4) is 0 Å². The SMILES string of the molecule is CC1C(=O)CCCN1Cc1ccccc1.Cl. The molecule has 2 nitrogen and oxygen atoms in total. The van der Waals surface area contributed by atoms with E-state index >= 15 is 0 Å². The Hall–Kier alpha value is -0.860. The molecule has 1 heterocycles. The number of carbonyl (C=O) groups is 1. The van der Waals surface area contributed by atoms with Gasteiger partial charge in [-0.1, -0.05) is 30.3 Å². The van der Waals surface area contributed by atoms with Crippen LogP contribution >= 0.6 is 12.4 Å². The Morgan fingerprint density at radius 1 is 1.31 bits per heavy atom. The minimum atomic E-state index is 0. The molecule has 1 fully saturated rings. The molecule has 0 aliphatic carbocycles. The van der Waals surface area contributed by atoms with Gasteiger partial charge in [0.25, 0.3) is 0 Å². The van der Waals surface area contributed by atoms with Gasteiger partial charge in [0.2, 0.25) is 0 Å². The molecule has 0 spiro atoms. The Labute approximate surface area is 103 Å². The zero-order chi connectivity index (χ0) is 10.7. The van der Waals surface area contributed by atoms with Crippen LogP contribution in [-0.4, -0.2) is 23.3 Å². The molecular formula is C13H18ClNO. The predicted octanol–water partition coefficient (Wildman–Crippen LogP) is 2.66. The number of likely N-dealkylation sites (tertiary alicyclic amines) is 1. The summed E-state index contributed by atoms with van der Waals surface area (Å²) in [4.78, 5) is 13.8. The van der Waals surface area contributed by atoms with Crippen molar-refractivity contribution in [2.24, 2.45) is 0 Å². The fourth-order valence-corrected chi connectivity index (χ4v) is 2.10. The molecule has 0 bridgehead atoms. The van der Waals surface area contributed by atoms with Crippen LogP contribution in [0.15, 0.2) is 30.3 Å². The Bertz CT molecular complexity index is 339. The van der Waals surface area contributed by atoms with E-state index in [9.17, 15) is 4.79 Å². The molecule has 16 heavy (non-hydrogen) atoms. The van der Waals surface area contributed by atoms with Gasteiger partial charge in [-0.05, 0) is 25.5 Å². The molecule has 0 amide bonds. The van der Waals surface area contributed by atoms with Crippen molar-refractivity contribution < 1.29 is 4.79 Å². The van der Waals surface area contributed by atoms with Gasteiger partial charge in [-0.25, -0.2) is 0 Å². The maximum absolute atomic E-state index is 11.6. The highest BCUT2D eigenvalue weighted by atomic mass is 35.5. The number of piperidine rings is 1. The summed E-state index contributed by atoms with van der Waals surface area (Å²) in [5.74, 6) is 0.386. The Kier molecular flexibility index (Phi) is 4.97. The topological polar surface area (TPSA) is 20.3 Å². The summed E-state index contributed by atoms with van der Waals surface area (Å²) in [6, 6.07) is 10.4. The molecule has 0 aromatic heterocycles. The summed E-state index contributed by atoms with van der Waals surface area (Å²) in [7, 11) is 0. The van der Waals surface area contributed by atoms with E-state index in [1.165, 1.54) is 5.56 Å². The van der Waals surface area contributed by atoms with Crippen LogP contribution < -0.4 is 0 Å². The standard InChI is InChI=1S/C13H17NO.ClH/c1-11-13(15)8-5-9-14(11)10-12-6-3-2-4-7-12;/h2-4,6-7,11H,5,8-10H2,1H3;1H. The van der Waals surface area contributed by atoms with Gasteiger partial charge in [-0.2, -0.15) is 0 Å². The van der Waals surface area contributed by atoms with Crippen LogP contribution in [0.1, 0.15) is 25.3 Å². The van der Waals surface area contributed by atoms with E-state index in [1.54, 1.807) is 0 Å². The first-order valence-corrected chi connectivity index (χ1v) is 5.58. The number of rotatable bonds is 2. The van der Waals surface area contributed by atoms with Crippen molar-refractivity contribution in [2.75, 3.05) is 6.54 Å². The molecular weight excluding hydrogens is 222 g/mol. The van der Waals surface area contributed by atoms with Crippen molar-refractivity contribution in [3.63, 3.8) is 0 Å².